The summed E-state index contributed by atoms with van der Waals surface area (Å²) in [7, 11) is 3.17. The Morgan fingerprint density at radius 2 is 2.00 bits per heavy atom. The monoisotopic (exact) mass is 363 g/mol. The minimum absolute atomic E-state index is 0.0127. The van der Waals surface area contributed by atoms with Crippen molar-refractivity contribution in [2.75, 3.05) is 20.8 Å². The standard InChI is InChI=1S/C19H19ClFNO3/c1-24-13-6-8-18(25-2)15(11-13)17-4-3-9-22(17)19(23)14-10-12(20)5-7-16(14)21/h5-8,10-11,17H,3-4,9H2,1-2H3. The van der Waals surface area contributed by atoms with Gasteiger partial charge < -0.3 is 14.4 Å². The van der Waals surface area contributed by atoms with Crippen LogP contribution in [0.4, 0.5) is 4.39 Å². The third-order valence-electron chi connectivity index (χ3n) is 4.47. The number of ether oxygens (including phenoxy) is 2. The van der Waals surface area contributed by atoms with Gasteiger partial charge in [0.1, 0.15) is 17.3 Å². The molecule has 1 fully saturated rings. The summed E-state index contributed by atoms with van der Waals surface area (Å²) < 4.78 is 24.9. The smallest absolute Gasteiger partial charge is 0.257 e. The van der Waals surface area contributed by atoms with Crippen LogP contribution in [0.1, 0.15) is 34.8 Å². The summed E-state index contributed by atoms with van der Waals surface area (Å²) in [6.45, 7) is 0.551. The maximum absolute atomic E-state index is 14.1. The van der Waals surface area contributed by atoms with E-state index in [1.165, 1.54) is 18.2 Å². The molecule has 6 heteroatoms. The van der Waals surface area contributed by atoms with E-state index in [4.69, 9.17) is 21.1 Å². The second-order valence-corrected chi connectivity index (χ2v) is 6.33. The maximum atomic E-state index is 14.1. The van der Waals surface area contributed by atoms with Crippen molar-refractivity contribution in [2.45, 2.75) is 18.9 Å². The number of hydrogen-bond donors (Lipinski definition) is 0. The van der Waals surface area contributed by atoms with Crippen LogP contribution in [-0.2, 0) is 0 Å². The lowest BCUT2D eigenvalue weighted by atomic mass is 10.0. The van der Waals surface area contributed by atoms with Crippen LogP contribution >= 0.6 is 11.6 Å². The predicted octanol–water partition coefficient (Wildman–Crippen LogP) is 4.47. The van der Waals surface area contributed by atoms with Gasteiger partial charge in [0.05, 0.1) is 25.8 Å². The molecule has 132 valence electrons. The first-order valence-corrected chi connectivity index (χ1v) is 8.41. The van der Waals surface area contributed by atoms with Crippen molar-refractivity contribution in [2.24, 2.45) is 0 Å². The molecule has 0 N–H and O–H groups in total. The number of carbonyl (C=O) groups is 1. The summed E-state index contributed by atoms with van der Waals surface area (Å²) in [5.41, 5.74) is 0.844. The number of amides is 1. The van der Waals surface area contributed by atoms with Gasteiger partial charge in [-0.1, -0.05) is 11.6 Å². The van der Waals surface area contributed by atoms with Crippen molar-refractivity contribution in [1.29, 1.82) is 0 Å². The van der Waals surface area contributed by atoms with Gasteiger partial charge >= 0.3 is 0 Å². The summed E-state index contributed by atoms with van der Waals surface area (Å²) in [5, 5.41) is 0.333. The number of nitrogens with zero attached hydrogens (tertiary/aromatic N) is 1. The lowest BCUT2D eigenvalue weighted by Gasteiger charge is -2.27. The minimum atomic E-state index is -0.572. The van der Waals surface area contributed by atoms with E-state index in [0.29, 0.717) is 23.1 Å². The van der Waals surface area contributed by atoms with Crippen LogP contribution in [0.2, 0.25) is 5.02 Å². The molecule has 1 aliphatic heterocycles. The van der Waals surface area contributed by atoms with E-state index in [0.717, 1.165) is 18.4 Å². The highest BCUT2D eigenvalue weighted by Crippen LogP contribution is 2.39. The average molecular weight is 364 g/mol. The van der Waals surface area contributed by atoms with Gasteiger partial charge in [-0.15, -0.1) is 0 Å². The van der Waals surface area contributed by atoms with Crippen LogP contribution in [0.5, 0.6) is 11.5 Å². The molecule has 0 aromatic heterocycles. The molecule has 1 saturated heterocycles. The lowest BCUT2D eigenvalue weighted by Crippen LogP contribution is -2.31. The van der Waals surface area contributed by atoms with E-state index < -0.39 is 5.82 Å². The van der Waals surface area contributed by atoms with E-state index in [-0.39, 0.29) is 17.5 Å². The Labute approximate surface area is 151 Å². The lowest BCUT2D eigenvalue weighted by molar-refractivity contribution is 0.0729. The van der Waals surface area contributed by atoms with Crippen molar-refractivity contribution in [3.63, 3.8) is 0 Å². The zero-order valence-electron chi connectivity index (χ0n) is 14.1. The topological polar surface area (TPSA) is 38.8 Å². The van der Waals surface area contributed by atoms with E-state index in [1.807, 2.05) is 12.1 Å². The first-order chi connectivity index (χ1) is 12.0. The third kappa shape index (κ3) is 3.42. The fraction of sp³-hybridized carbons (Fsp3) is 0.316. The number of benzene rings is 2. The average Bonchev–Trinajstić information content (AvgIpc) is 3.12. The van der Waals surface area contributed by atoms with Crippen molar-refractivity contribution < 1.29 is 18.7 Å². The number of halogens is 2. The molecular weight excluding hydrogens is 345 g/mol. The number of rotatable bonds is 4. The van der Waals surface area contributed by atoms with Crippen molar-refractivity contribution in [3.05, 3.63) is 58.4 Å². The summed E-state index contributed by atoms with van der Waals surface area (Å²) in [5.74, 6) is 0.422. The molecule has 2 aromatic carbocycles. The number of carbonyl (C=O) groups excluding carboxylic acids is 1. The number of methoxy groups -OCH3 is 2. The van der Waals surface area contributed by atoms with Crippen LogP contribution in [0, 0.1) is 5.82 Å². The molecule has 0 saturated carbocycles. The second-order valence-electron chi connectivity index (χ2n) is 5.89. The maximum Gasteiger partial charge on any atom is 0.257 e. The van der Waals surface area contributed by atoms with Crippen LogP contribution < -0.4 is 9.47 Å². The number of hydrogen-bond acceptors (Lipinski definition) is 3. The predicted molar refractivity (Wildman–Crippen MR) is 94.0 cm³/mol. The molecule has 4 nitrogen and oxygen atoms in total. The van der Waals surface area contributed by atoms with Gasteiger partial charge in [0, 0.05) is 17.1 Å². The van der Waals surface area contributed by atoms with Gasteiger partial charge in [0.25, 0.3) is 5.91 Å². The molecular formula is C19H19ClFNO3. The van der Waals surface area contributed by atoms with Crippen LogP contribution in [-0.4, -0.2) is 31.6 Å². The van der Waals surface area contributed by atoms with Crippen molar-refractivity contribution >= 4 is 17.5 Å². The van der Waals surface area contributed by atoms with Crippen LogP contribution in [0.25, 0.3) is 0 Å². The Morgan fingerprint density at radius 1 is 1.20 bits per heavy atom. The van der Waals surface area contributed by atoms with Crippen LogP contribution in [0.3, 0.4) is 0 Å². The fourth-order valence-corrected chi connectivity index (χ4v) is 3.42. The minimum Gasteiger partial charge on any atom is -0.497 e. The number of likely N-dealkylation sites (tertiary alicyclic amines) is 1. The van der Waals surface area contributed by atoms with E-state index in [1.54, 1.807) is 25.2 Å². The van der Waals surface area contributed by atoms with Crippen molar-refractivity contribution in [1.82, 2.24) is 4.90 Å². The zero-order chi connectivity index (χ0) is 18.0. The van der Waals surface area contributed by atoms with Gasteiger partial charge in [-0.2, -0.15) is 0 Å². The highest BCUT2D eigenvalue weighted by atomic mass is 35.5. The van der Waals surface area contributed by atoms with E-state index >= 15 is 0 Å². The zero-order valence-corrected chi connectivity index (χ0v) is 14.8. The van der Waals surface area contributed by atoms with E-state index in [9.17, 15) is 9.18 Å². The molecule has 3 rings (SSSR count). The third-order valence-corrected chi connectivity index (χ3v) is 4.70. The molecule has 0 radical (unpaired) electrons. The summed E-state index contributed by atoms with van der Waals surface area (Å²) in [6.07, 6.45) is 1.61. The second kappa shape index (κ2) is 7.31. The molecule has 1 unspecified atom stereocenters. The van der Waals surface area contributed by atoms with Crippen LogP contribution in [0.15, 0.2) is 36.4 Å². The Morgan fingerprint density at radius 3 is 2.72 bits per heavy atom. The quantitative estimate of drug-likeness (QED) is 0.804. The van der Waals surface area contributed by atoms with Gasteiger partial charge in [0.2, 0.25) is 0 Å². The summed E-state index contributed by atoms with van der Waals surface area (Å²) in [6, 6.07) is 9.30. The summed E-state index contributed by atoms with van der Waals surface area (Å²) in [4.78, 5) is 14.6. The molecule has 25 heavy (non-hydrogen) atoms. The Kier molecular flexibility index (Phi) is 5.13. The fourth-order valence-electron chi connectivity index (χ4n) is 3.25. The van der Waals surface area contributed by atoms with Gasteiger partial charge in [-0.3, -0.25) is 4.79 Å². The Balaban J connectivity index is 1.98. The molecule has 1 aliphatic rings. The molecule has 0 aliphatic carbocycles. The molecule has 1 heterocycles. The van der Waals surface area contributed by atoms with Gasteiger partial charge in [-0.05, 0) is 49.2 Å². The molecule has 1 amide bonds. The molecule has 0 bridgehead atoms. The van der Waals surface area contributed by atoms with Gasteiger partial charge in [-0.25, -0.2) is 4.39 Å². The molecule has 1 atom stereocenters. The Bertz CT molecular complexity index is 796. The SMILES string of the molecule is COc1ccc(OC)c(C2CCCN2C(=O)c2cc(Cl)ccc2F)c1. The normalized spacial score (nSPS) is 16.8. The first-order valence-electron chi connectivity index (χ1n) is 8.03. The molecule has 0 spiro atoms. The van der Waals surface area contributed by atoms with E-state index in [2.05, 4.69) is 0 Å². The van der Waals surface area contributed by atoms with Gasteiger partial charge in [0.15, 0.2) is 0 Å². The van der Waals surface area contributed by atoms with Crippen molar-refractivity contribution in [3.8, 4) is 11.5 Å². The summed E-state index contributed by atoms with van der Waals surface area (Å²) >= 11 is 5.93. The largest absolute Gasteiger partial charge is 0.497 e. The highest BCUT2D eigenvalue weighted by Gasteiger charge is 2.33. The highest BCUT2D eigenvalue weighted by molar-refractivity contribution is 6.31. The first kappa shape index (κ1) is 17.5. The Hall–Kier alpha value is -2.27. The molecule has 2 aromatic rings.